The molecule has 4 aromatic carbocycles. The van der Waals surface area contributed by atoms with Crippen LogP contribution in [0.4, 0.5) is 8.78 Å². The SMILES string of the molecule is COC1(C)CN(Cc2cc(C#N)c3oc(-c4cccc(-c5cccc(-c6nc7cc(CN8CCC[C@H]8C(=O)O)c(OC(F)F)cc7o6)c5C)c4C)nc3c2)C1. The molecule has 2 aliphatic rings. The number of hydrogen-bond donors (Lipinski definition) is 1. The zero-order chi connectivity index (χ0) is 38.6. The van der Waals surface area contributed by atoms with Crippen LogP contribution in [-0.4, -0.2) is 75.8 Å². The third-order valence-electron chi connectivity index (χ3n) is 10.9. The molecule has 11 nitrogen and oxygen atoms in total. The molecule has 2 aliphatic heterocycles. The Bertz CT molecular complexity index is 2500. The van der Waals surface area contributed by atoms with Crippen LogP contribution < -0.4 is 4.74 Å². The monoisotopic (exact) mass is 747 g/mol. The normalized spacial score (nSPS) is 17.2. The number of aliphatic carboxylic acids is 1. The van der Waals surface area contributed by atoms with Crippen LogP contribution in [0.1, 0.15) is 47.6 Å². The first kappa shape index (κ1) is 36.3. The quantitative estimate of drug-likeness (QED) is 0.137. The molecule has 0 unspecified atom stereocenters. The molecule has 2 aromatic heterocycles. The minimum atomic E-state index is -3.07. The van der Waals surface area contributed by atoms with Gasteiger partial charge in [-0.2, -0.15) is 14.0 Å². The molecule has 0 bridgehead atoms. The van der Waals surface area contributed by atoms with E-state index in [4.69, 9.17) is 28.3 Å². The number of nitriles is 1. The van der Waals surface area contributed by atoms with Crippen LogP contribution in [0.5, 0.6) is 5.75 Å². The highest BCUT2D eigenvalue weighted by Gasteiger charge is 2.38. The predicted octanol–water partition coefficient (Wildman–Crippen LogP) is 8.33. The summed E-state index contributed by atoms with van der Waals surface area (Å²) in [5.74, 6) is -0.314. The highest BCUT2D eigenvalue weighted by molar-refractivity contribution is 5.86. The fourth-order valence-electron chi connectivity index (χ4n) is 8.05. The molecule has 0 spiro atoms. The van der Waals surface area contributed by atoms with E-state index in [1.807, 2.05) is 62.4 Å². The molecule has 6 aromatic rings. The van der Waals surface area contributed by atoms with Crippen molar-refractivity contribution in [1.29, 1.82) is 5.26 Å². The second-order valence-electron chi connectivity index (χ2n) is 14.7. The molecule has 1 atom stereocenters. The standard InChI is InChI=1S/C42H39F2N5O6/c1-23-28(8-5-10-30(23)38-46-32-16-27(20-49-13-7-12-34(49)40(50)51)35(54-41(43)44)17-36(32)53-38)29-9-6-11-31(24(29)2)39-47-33-15-25(14-26(18-45)37(33)55-39)19-48-21-42(3,22-48)52-4/h5-6,8-11,14-17,34,41H,7,12-13,19-22H2,1-4H3,(H,50,51)/t34-/m0/s1. The van der Waals surface area contributed by atoms with E-state index in [-0.39, 0.29) is 23.5 Å². The largest absolute Gasteiger partial charge is 0.480 e. The van der Waals surface area contributed by atoms with Crippen LogP contribution in [0.15, 0.2) is 69.5 Å². The van der Waals surface area contributed by atoms with Gasteiger partial charge in [0.15, 0.2) is 11.2 Å². The van der Waals surface area contributed by atoms with Crippen LogP contribution in [0.25, 0.3) is 56.2 Å². The van der Waals surface area contributed by atoms with Gasteiger partial charge in [0.05, 0.1) is 11.2 Å². The van der Waals surface area contributed by atoms with Gasteiger partial charge < -0.3 is 23.4 Å². The number of ether oxygens (including phenoxy) is 2. The number of fused-ring (bicyclic) bond motifs is 2. The Morgan fingerprint density at radius 3 is 2.27 bits per heavy atom. The van der Waals surface area contributed by atoms with Crippen molar-refractivity contribution >= 4 is 28.2 Å². The number of oxazole rings is 2. The van der Waals surface area contributed by atoms with Crippen molar-refractivity contribution in [2.45, 2.75) is 65.0 Å². The lowest BCUT2D eigenvalue weighted by atomic mass is 9.91. The minimum absolute atomic E-state index is 0.0813. The zero-order valence-corrected chi connectivity index (χ0v) is 30.9. The minimum Gasteiger partial charge on any atom is -0.480 e. The van der Waals surface area contributed by atoms with E-state index < -0.39 is 18.6 Å². The maximum atomic E-state index is 13.5. The fraction of sp³-hybridized carbons (Fsp3) is 0.333. The first-order valence-corrected chi connectivity index (χ1v) is 18.1. The van der Waals surface area contributed by atoms with Gasteiger partial charge in [0.1, 0.15) is 28.9 Å². The van der Waals surface area contributed by atoms with Gasteiger partial charge in [-0.25, -0.2) is 9.97 Å². The number of carboxylic acids is 1. The molecule has 282 valence electrons. The van der Waals surface area contributed by atoms with E-state index in [2.05, 4.69) is 17.9 Å². The van der Waals surface area contributed by atoms with Gasteiger partial charge in [0.2, 0.25) is 11.8 Å². The maximum Gasteiger partial charge on any atom is 0.387 e. The topological polar surface area (TPSA) is 138 Å². The molecule has 13 heteroatoms. The summed E-state index contributed by atoms with van der Waals surface area (Å²) in [6, 6.07) is 20.1. The van der Waals surface area contributed by atoms with Crippen molar-refractivity contribution < 1.29 is 37.0 Å². The molecule has 1 N–H and O–H groups in total. The summed E-state index contributed by atoms with van der Waals surface area (Å²) < 4.78 is 49.9. The average molecular weight is 748 g/mol. The Balaban J connectivity index is 1.11. The van der Waals surface area contributed by atoms with Crippen LogP contribution in [0.3, 0.4) is 0 Å². The van der Waals surface area contributed by atoms with Gasteiger partial charge in [0, 0.05) is 56.0 Å². The summed E-state index contributed by atoms with van der Waals surface area (Å²) >= 11 is 0. The third kappa shape index (κ3) is 6.82. The van der Waals surface area contributed by atoms with Crippen LogP contribution in [-0.2, 0) is 22.6 Å². The lowest BCUT2D eigenvalue weighted by molar-refractivity contribution is -0.142. The summed E-state index contributed by atoms with van der Waals surface area (Å²) in [5, 5.41) is 19.7. The van der Waals surface area contributed by atoms with Gasteiger partial charge in [-0.3, -0.25) is 14.6 Å². The number of nitrogens with zero attached hydrogens (tertiary/aromatic N) is 5. The molecule has 0 amide bonds. The predicted molar refractivity (Wildman–Crippen MR) is 200 cm³/mol. The first-order chi connectivity index (χ1) is 26.4. The summed E-state index contributed by atoms with van der Waals surface area (Å²) in [6.45, 7) is 5.91. The van der Waals surface area contributed by atoms with Gasteiger partial charge in [0.25, 0.3) is 0 Å². The number of hydrogen-bond acceptors (Lipinski definition) is 10. The molecule has 2 saturated heterocycles. The molecular weight excluding hydrogens is 708 g/mol. The maximum absolute atomic E-state index is 13.5. The Kier molecular flexibility index (Phi) is 9.37. The second kappa shape index (κ2) is 14.2. The van der Waals surface area contributed by atoms with E-state index in [1.165, 1.54) is 6.07 Å². The number of rotatable bonds is 11. The number of halogens is 2. The van der Waals surface area contributed by atoms with Gasteiger partial charge in [-0.1, -0.05) is 24.3 Å². The average Bonchev–Trinajstić information content (AvgIpc) is 3.89. The lowest BCUT2D eigenvalue weighted by Crippen LogP contribution is -2.60. The number of aromatic nitrogens is 2. The number of carbonyl (C=O) groups is 1. The number of carboxylic acid groups (broad SMARTS) is 1. The highest BCUT2D eigenvalue weighted by atomic mass is 19.3. The molecule has 4 heterocycles. The highest BCUT2D eigenvalue weighted by Crippen LogP contribution is 2.39. The number of methoxy groups -OCH3 is 1. The summed E-state index contributed by atoms with van der Waals surface area (Å²) in [4.78, 5) is 25.4. The van der Waals surface area contributed by atoms with Crippen molar-refractivity contribution in [2.24, 2.45) is 0 Å². The van der Waals surface area contributed by atoms with Crippen molar-refractivity contribution in [3.05, 3.63) is 88.5 Å². The lowest BCUT2D eigenvalue weighted by Gasteiger charge is -2.46. The van der Waals surface area contributed by atoms with E-state index in [1.54, 1.807) is 18.1 Å². The molecule has 8 rings (SSSR count). The molecule has 55 heavy (non-hydrogen) atoms. The van der Waals surface area contributed by atoms with Gasteiger partial charge in [-0.15, -0.1) is 0 Å². The Morgan fingerprint density at radius 1 is 0.982 bits per heavy atom. The number of benzene rings is 4. The fourth-order valence-corrected chi connectivity index (χ4v) is 8.05. The van der Waals surface area contributed by atoms with Gasteiger partial charge in [-0.05, 0) is 98.3 Å². The Labute approximate surface area is 315 Å². The number of likely N-dealkylation sites (tertiary alicyclic amines) is 2. The second-order valence-corrected chi connectivity index (χ2v) is 14.7. The molecule has 0 radical (unpaired) electrons. The van der Waals surface area contributed by atoms with E-state index in [0.29, 0.717) is 71.0 Å². The van der Waals surface area contributed by atoms with Crippen molar-refractivity contribution in [1.82, 2.24) is 19.8 Å². The third-order valence-corrected chi connectivity index (χ3v) is 10.9. The zero-order valence-electron chi connectivity index (χ0n) is 30.9. The summed E-state index contributed by atoms with van der Waals surface area (Å²) in [7, 11) is 1.72. The Morgan fingerprint density at radius 2 is 1.64 bits per heavy atom. The van der Waals surface area contributed by atoms with E-state index >= 15 is 0 Å². The van der Waals surface area contributed by atoms with Crippen LogP contribution in [0.2, 0.25) is 0 Å². The Hall–Kier alpha value is -5.68. The summed E-state index contributed by atoms with van der Waals surface area (Å²) in [5.41, 5.74) is 8.57. The van der Waals surface area contributed by atoms with Crippen molar-refractivity contribution in [2.75, 3.05) is 26.7 Å². The molecule has 0 aliphatic carbocycles. The summed E-state index contributed by atoms with van der Waals surface area (Å²) in [6.07, 6.45) is 1.18. The van der Waals surface area contributed by atoms with Crippen LogP contribution in [0, 0.1) is 25.2 Å². The van der Waals surface area contributed by atoms with Gasteiger partial charge >= 0.3 is 12.6 Å². The van der Waals surface area contributed by atoms with Crippen LogP contribution >= 0.6 is 0 Å². The first-order valence-electron chi connectivity index (χ1n) is 18.1. The van der Waals surface area contributed by atoms with Crippen molar-refractivity contribution in [3.8, 4) is 45.9 Å². The van der Waals surface area contributed by atoms with E-state index in [0.717, 1.165) is 46.5 Å². The van der Waals surface area contributed by atoms with E-state index in [9.17, 15) is 23.9 Å². The molecule has 0 saturated carbocycles. The number of alkyl halides is 2. The van der Waals surface area contributed by atoms with Crippen molar-refractivity contribution in [3.63, 3.8) is 0 Å². The smallest absolute Gasteiger partial charge is 0.387 e. The molecule has 2 fully saturated rings. The molecular formula is C42H39F2N5O6.